The highest BCUT2D eigenvalue weighted by molar-refractivity contribution is 9.10. The molecule has 2 fully saturated rings. The summed E-state index contributed by atoms with van der Waals surface area (Å²) in [6.07, 6.45) is -2.57. The maximum Gasteiger partial charge on any atom is 0.573 e. The maximum absolute atomic E-state index is 12.5. The normalized spacial score (nSPS) is 22.9. The number of carbonyl (C=O) groups excluding carboxylic acids is 1. The Morgan fingerprint density at radius 1 is 1.23 bits per heavy atom. The molecule has 1 amide bonds. The number of carbonyl (C=O) groups is 1. The lowest BCUT2D eigenvalue weighted by atomic mass is 9.96. The Labute approximate surface area is 189 Å². The van der Waals surface area contributed by atoms with Crippen molar-refractivity contribution in [3.05, 3.63) is 28.2 Å². The number of rotatable bonds is 7. The molecule has 174 valence electrons. The monoisotopic (exact) mass is 507 g/mol. The van der Waals surface area contributed by atoms with E-state index < -0.39 is 18.0 Å². The number of epoxide rings is 1. The van der Waals surface area contributed by atoms with Gasteiger partial charge in [-0.05, 0) is 70.8 Å². The molecule has 3 rings (SSSR count). The molecule has 10 heteroatoms. The molecule has 2 heterocycles. The van der Waals surface area contributed by atoms with E-state index in [1.54, 1.807) is 0 Å². The molecule has 1 aromatic rings. The molecular formula is C21H29BrF3N3O3. The Kier molecular flexibility index (Phi) is 7.55. The highest BCUT2D eigenvalue weighted by Gasteiger charge is 2.42. The van der Waals surface area contributed by atoms with E-state index in [1.807, 2.05) is 0 Å². The van der Waals surface area contributed by atoms with Gasteiger partial charge in [-0.25, -0.2) is 0 Å². The smallest absolute Gasteiger partial charge is 0.406 e. The summed E-state index contributed by atoms with van der Waals surface area (Å²) in [5, 5.41) is 6.28. The SMILES string of the molecule is CC(C)(C)NC1OC1CN1CCC(CNC(=O)c2cc(Br)cc(OC(F)(F)F)c2)CC1. The molecule has 0 radical (unpaired) electrons. The number of alkyl halides is 3. The van der Waals surface area contributed by atoms with Crippen molar-refractivity contribution >= 4 is 21.8 Å². The highest BCUT2D eigenvalue weighted by Crippen LogP contribution is 2.28. The predicted molar refractivity (Wildman–Crippen MR) is 114 cm³/mol. The Morgan fingerprint density at radius 3 is 2.52 bits per heavy atom. The molecule has 2 unspecified atom stereocenters. The van der Waals surface area contributed by atoms with Gasteiger partial charge in [-0.15, -0.1) is 13.2 Å². The van der Waals surface area contributed by atoms with Gasteiger partial charge in [-0.1, -0.05) is 15.9 Å². The lowest BCUT2D eigenvalue weighted by Gasteiger charge is -2.31. The third-order valence-corrected chi connectivity index (χ3v) is 5.68. The Hall–Kier alpha value is -1.36. The summed E-state index contributed by atoms with van der Waals surface area (Å²) in [5.41, 5.74) is 0.146. The fourth-order valence-electron chi connectivity index (χ4n) is 3.69. The van der Waals surface area contributed by atoms with Crippen LogP contribution in [0.4, 0.5) is 13.2 Å². The van der Waals surface area contributed by atoms with Gasteiger partial charge in [0.25, 0.3) is 5.91 Å². The van der Waals surface area contributed by atoms with Crippen LogP contribution in [0.1, 0.15) is 44.0 Å². The van der Waals surface area contributed by atoms with Crippen molar-refractivity contribution < 1.29 is 27.4 Å². The number of hydrogen-bond acceptors (Lipinski definition) is 5. The summed E-state index contributed by atoms with van der Waals surface area (Å²) in [6.45, 7) is 9.60. The van der Waals surface area contributed by atoms with Crippen LogP contribution in [0.5, 0.6) is 5.75 Å². The van der Waals surface area contributed by atoms with Gasteiger partial charge in [0.15, 0.2) is 0 Å². The van der Waals surface area contributed by atoms with E-state index >= 15 is 0 Å². The number of hydrogen-bond donors (Lipinski definition) is 2. The van der Waals surface area contributed by atoms with Crippen molar-refractivity contribution in [3.63, 3.8) is 0 Å². The van der Waals surface area contributed by atoms with E-state index in [0.717, 1.165) is 38.5 Å². The van der Waals surface area contributed by atoms with Crippen LogP contribution in [0.25, 0.3) is 0 Å². The molecule has 2 aliphatic rings. The summed E-state index contributed by atoms with van der Waals surface area (Å²) in [5.74, 6) is -0.512. The maximum atomic E-state index is 12.5. The van der Waals surface area contributed by atoms with Crippen molar-refractivity contribution in [2.24, 2.45) is 5.92 Å². The molecular weight excluding hydrogens is 479 g/mol. The van der Waals surface area contributed by atoms with E-state index in [2.05, 4.69) is 57.0 Å². The van der Waals surface area contributed by atoms with Crippen molar-refractivity contribution in [2.45, 2.75) is 57.8 Å². The summed E-state index contributed by atoms with van der Waals surface area (Å²) in [4.78, 5) is 14.8. The quantitative estimate of drug-likeness (QED) is 0.548. The number of nitrogens with one attached hydrogen (secondary N) is 2. The van der Waals surface area contributed by atoms with Crippen LogP contribution in [0.3, 0.4) is 0 Å². The van der Waals surface area contributed by atoms with Gasteiger partial charge in [0, 0.05) is 28.7 Å². The first-order valence-corrected chi connectivity index (χ1v) is 11.2. The zero-order valence-electron chi connectivity index (χ0n) is 17.9. The van der Waals surface area contributed by atoms with Crippen LogP contribution in [-0.4, -0.2) is 61.2 Å². The summed E-state index contributed by atoms with van der Waals surface area (Å²) < 4.78 is 47.3. The van der Waals surface area contributed by atoms with Crippen molar-refractivity contribution in [1.29, 1.82) is 0 Å². The lowest BCUT2D eigenvalue weighted by molar-refractivity contribution is -0.274. The minimum atomic E-state index is -4.81. The first kappa shape index (κ1) is 24.3. The van der Waals surface area contributed by atoms with Gasteiger partial charge in [0.05, 0.1) is 0 Å². The zero-order chi connectivity index (χ0) is 22.8. The van der Waals surface area contributed by atoms with E-state index in [-0.39, 0.29) is 23.4 Å². The molecule has 2 saturated heterocycles. The van der Waals surface area contributed by atoms with Gasteiger partial charge in [0.2, 0.25) is 0 Å². The fourth-order valence-corrected chi connectivity index (χ4v) is 4.16. The minimum Gasteiger partial charge on any atom is -0.406 e. The molecule has 31 heavy (non-hydrogen) atoms. The van der Waals surface area contributed by atoms with Crippen molar-refractivity contribution in [3.8, 4) is 5.75 Å². The lowest BCUT2D eigenvalue weighted by Crippen LogP contribution is -2.42. The molecule has 0 spiro atoms. The minimum absolute atomic E-state index is 0.0264. The topological polar surface area (TPSA) is 66.1 Å². The van der Waals surface area contributed by atoms with Gasteiger partial charge in [-0.3, -0.25) is 10.1 Å². The molecule has 2 N–H and O–H groups in total. The number of benzene rings is 1. The summed E-state index contributed by atoms with van der Waals surface area (Å²) >= 11 is 3.12. The average Bonchev–Trinajstić information content (AvgIpc) is 3.33. The molecule has 0 saturated carbocycles. The van der Waals surface area contributed by atoms with Crippen molar-refractivity contribution in [2.75, 3.05) is 26.2 Å². The molecule has 2 aliphatic heterocycles. The van der Waals surface area contributed by atoms with E-state index in [4.69, 9.17) is 4.74 Å². The van der Waals surface area contributed by atoms with Crippen molar-refractivity contribution in [1.82, 2.24) is 15.5 Å². The highest BCUT2D eigenvalue weighted by atomic mass is 79.9. The summed E-state index contributed by atoms with van der Waals surface area (Å²) in [7, 11) is 0. The largest absolute Gasteiger partial charge is 0.573 e. The molecule has 0 aromatic heterocycles. The van der Waals surface area contributed by atoms with Crippen LogP contribution in [0.2, 0.25) is 0 Å². The molecule has 2 atom stereocenters. The number of ether oxygens (including phenoxy) is 2. The second kappa shape index (κ2) is 9.64. The Balaban J connectivity index is 1.40. The van der Waals surface area contributed by atoms with Crippen LogP contribution >= 0.6 is 15.9 Å². The van der Waals surface area contributed by atoms with Gasteiger partial charge in [-0.2, -0.15) is 0 Å². The van der Waals surface area contributed by atoms with E-state index in [1.165, 1.54) is 12.1 Å². The first-order chi connectivity index (χ1) is 14.4. The van der Waals surface area contributed by atoms with Gasteiger partial charge < -0.3 is 19.7 Å². The Morgan fingerprint density at radius 2 is 1.90 bits per heavy atom. The summed E-state index contributed by atoms with van der Waals surface area (Å²) in [6, 6.07) is 3.73. The molecule has 1 aromatic carbocycles. The van der Waals surface area contributed by atoms with E-state index in [0.29, 0.717) is 16.9 Å². The number of halogens is 4. The zero-order valence-corrected chi connectivity index (χ0v) is 19.5. The molecule has 6 nitrogen and oxygen atoms in total. The van der Waals surface area contributed by atoms with E-state index in [9.17, 15) is 18.0 Å². The third-order valence-electron chi connectivity index (χ3n) is 5.22. The number of nitrogens with zero attached hydrogens (tertiary/aromatic N) is 1. The van der Waals surface area contributed by atoms with Crippen LogP contribution in [0.15, 0.2) is 22.7 Å². The average molecular weight is 508 g/mol. The van der Waals surface area contributed by atoms with Crippen LogP contribution in [-0.2, 0) is 4.74 Å². The molecule has 0 bridgehead atoms. The fraction of sp³-hybridized carbons (Fsp3) is 0.667. The predicted octanol–water partition coefficient (Wildman–Crippen LogP) is 3.90. The number of amides is 1. The van der Waals surface area contributed by atoms with Crippen LogP contribution < -0.4 is 15.4 Å². The first-order valence-electron chi connectivity index (χ1n) is 10.4. The van der Waals surface area contributed by atoms with Crippen LogP contribution in [0, 0.1) is 5.92 Å². The number of likely N-dealkylation sites (tertiary alicyclic amines) is 1. The third kappa shape index (κ3) is 8.25. The second-order valence-corrected chi connectivity index (χ2v) is 10.1. The standard InChI is InChI=1S/C21H29BrF3N3O3/c1-20(2,3)27-19-17(30-19)12-28-6-4-13(5-7-28)11-26-18(29)14-8-15(22)10-16(9-14)31-21(23,24)25/h8-10,13,17,19,27H,4-7,11-12H2,1-3H3,(H,26,29). The van der Waals surface area contributed by atoms with Gasteiger partial charge in [0.1, 0.15) is 18.1 Å². The second-order valence-electron chi connectivity index (χ2n) is 9.17. The number of piperidine rings is 1. The van der Waals surface area contributed by atoms with Gasteiger partial charge >= 0.3 is 6.36 Å². The molecule has 0 aliphatic carbocycles. The Bertz CT molecular complexity index is 777.